The van der Waals surface area contributed by atoms with Crippen LogP contribution in [0.1, 0.15) is 284 Å². The van der Waals surface area contributed by atoms with Crippen LogP contribution in [0.25, 0.3) is 0 Å². The maximum atomic E-state index is 13.3. The average molecular weight is 977 g/mol. The maximum absolute atomic E-state index is 13.3. The molecule has 6 heteroatoms. The third kappa shape index (κ3) is 51.4. The lowest BCUT2D eigenvalue weighted by Crippen LogP contribution is -2.46. The molecular weight excluding hydrogens is 863 g/mol. The summed E-state index contributed by atoms with van der Waals surface area (Å²) in [6, 6.07) is -0.715. The minimum absolute atomic E-state index is 0.0585. The molecule has 0 aliphatic heterocycles. The van der Waals surface area contributed by atoms with E-state index in [9.17, 15) is 19.8 Å². The molecule has 0 aliphatic rings. The van der Waals surface area contributed by atoms with Crippen molar-refractivity contribution in [2.75, 3.05) is 6.61 Å². The number of nitrogens with one attached hydrogen (secondary N) is 1. The van der Waals surface area contributed by atoms with E-state index in [1.165, 1.54) is 141 Å². The first-order valence-corrected chi connectivity index (χ1v) is 29.9. The van der Waals surface area contributed by atoms with E-state index in [0.29, 0.717) is 19.3 Å². The van der Waals surface area contributed by atoms with Gasteiger partial charge in [0.1, 0.15) is 6.10 Å². The normalized spacial score (nSPS) is 13.7. The average Bonchev–Trinajstić information content (AvgIpc) is 3.35. The largest absolute Gasteiger partial charge is 0.462 e. The molecule has 0 aromatic heterocycles. The third-order valence-corrected chi connectivity index (χ3v) is 13.3. The van der Waals surface area contributed by atoms with Gasteiger partial charge in [-0.2, -0.15) is 0 Å². The van der Waals surface area contributed by atoms with Crippen molar-refractivity contribution in [3.8, 4) is 0 Å². The Morgan fingerprint density at radius 2 is 0.814 bits per heavy atom. The number of allylic oxidation sites excluding steroid dienone is 14. The summed E-state index contributed by atoms with van der Waals surface area (Å²) in [5.41, 5.74) is 0. The number of carbonyl (C=O) groups is 2. The fourth-order valence-corrected chi connectivity index (χ4v) is 8.79. The number of hydrogen-bond acceptors (Lipinski definition) is 5. The van der Waals surface area contributed by atoms with Gasteiger partial charge in [0.2, 0.25) is 5.91 Å². The van der Waals surface area contributed by atoms with Crippen molar-refractivity contribution in [3.05, 3.63) is 85.1 Å². The minimum Gasteiger partial charge on any atom is -0.462 e. The van der Waals surface area contributed by atoms with Crippen LogP contribution >= 0.6 is 0 Å². The molecular formula is C64H113NO5. The molecule has 0 heterocycles. The molecule has 0 aromatic rings. The second-order valence-electron chi connectivity index (χ2n) is 20.2. The predicted molar refractivity (Wildman–Crippen MR) is 305 cm³/mol. The van der Waals surface area contributed by atoms with E-state index in [2.05, 4.69) is 86.8 Å². The molecule has 0 aromatic carbocycles. The number of carbonyl (C=O) groups excluding carboxylic acids is 2. The Kier molecular flexibility index (Phi) is 54.5. The van der Waals surface area contributed by atoms with Gasteiger partial charge in [0, 0.05) is 6.42 Å². The molecule has 3 N–H and O–H groups in total. The van der Waals surface area contributed by atoms with E-state index >= 15 is 0 Å². The van der Waals surface area contributed by atoms with Gasteiger partial charge >= 0.3 is 5.97 Å². The zero-order chi connectivity index (χ0) is 50.9. The number of ether oxygens (including phenoxy) is 1. The smallest absolute Gasteiger partial charge is 0.306 e. The Labute approximate surface area is 433 Å². The number of rotatable bonds is 53. The number of esters is 1. The molecule has 0 saturated heterocycles. The first kappa shape index (κ1) is 67.0. The molecule has 0 saturated carbocycles. The maximum Gasteiger partial charge on any atom is 0.306 e. The first-order valence-electron chi connectivity index (χ1n) is 29.9. The molecule has 3 unspecified atom stereocenters. The number of amides is 1. The first-order chi connectivity index (χ1) is 34.5. The minimum atomic E-state index is -0.800. The number of unbranched alkanes of at least 4 members (excludes halogenated alkanes) is 31. The molecule has 0 fully saturated rings. The van der Waals surface area contributed by atoms with Crippen molar-refractivity contribution in [1.29, 1.82) is 0 Å². The van der Waals surface area contributed by atoms with Gasteiger partial charge < -0.3 is 20.3 Å². The highest BCUT2D eigenvalue weighted by molar-refractivity contribution is 5.77. The van der Waals surface area contributed by atoms with E-state index in [4.69, 9.17) is 4.74 Å². The summed E-state index contributed by atoms with van der Waals surface area (Å²) < 4.78 is 5.96. The van der Waals surface area contributed by atoms with Crippen LogP contribution in [0.2, 0.25) is 0 Å². The van der Waals surface area contributed by atoms with Crippen molar-refractivity contribution in [1.82, 2.24) is 5.32 Å². The molecule has 0 spiro atoms. The lowest BCUT2D eigenvalue weighted by atomic mass is 10.0. The van der Waals surface area contributed by atoms with Crippen molar-refractivity contribution < 1.29 is 24.5 Å². The Morgan fingerprint density at radius 1 is 0.429 bits per heavy atom. The second-order valence-corrected chi connectivity index (χ2v) is 20.2. The SMILES string of the molecule is CCC/C=C/C=C/C=C/C=C/C=C/CCCCCCCC(=O)OC(CCCCCCCCC/C=C\C/C=C\CCCCC)CC(=O)NC(CO)C(O)CCCCCCCCCCCCCCCCCC. The molecule has 404 valence electrons. The van der Waals surface area contributed by atoms with Crippen LogP contribution in [0.3, 0.4) is 0 Å². The fraction of sp³-hybridized carbons (Fsp3) is 0.750. The van der Waals surface area contributed by atoms with Crippen LogP contribution in [0.15, 0.2) is 85.1 Å². The predicted octanol–water partition coefficient (Wildman–Crippen LogP) is 18.7. The monoisotopic (exact) mass is 976 g/mol. The molecule has 0 radical (unpaired) electrons. The lowest BCUT2D eigenvalue weighted by Gasteiger charge is -2.24. The molecule has 6 nitrogen and oxygen atoms in total. The van der Waals surface area contributed by atoms with Gasteiger partial charge in [0.25, 0.3) is 0 Å². The van der Waals surface area contributed by atoms with Crippen molar-refractivity contribution >= 4 is 11.9 Å². The van der Waals surface area contributed by atoms with Crippen LogP contribution in [0.5, 0.6) is 0 Å². The number of aliphatic hydroxyl groups excluding tert-OH is 2. The lowest BCUT2D eigenvalue weighted by molar-refractivity contribution is -0.151. The zero-order valence-electron chi connectivity index (χ0n) is 46.1. The number of hydrogen-bond donors (Lipinski definition) is 3. The van der Waals surface area contributed by atoms with Gasteiger partial charge in [-0.15, -0.1) is 0 Å². The van der Waals surface area contributed by atoms with Crippen LogP contribution in [0.4, 0.5) is 0 Å². The quantitative estimate of drug-likeness (QED) is 0.0244. The summed E-state index contributed by atoms with van der Waals surface area (Å²) in [4.78, 5) is 26.3. The molecule has 70 heavy (non-hydrogen) atoms. The standard InChI is InChI=1S/C64H113NO5/c1-4-7-10-13-16-19-22-25-28-31-33-36-39-42-45-48-51-54-57-64(69)70-60(55-52-49-46-43-40-37-34-32-29-26-23-20-17-14-11-8-5-2)58-63(68)65-61(59-66)62(67)56-53-50-47-44-41-38-35-30-27-24-21-18-15-12-9-6-3/h10,13,16-17,19-20,22,25-26,28-29,31,33,36,60-62,66-67H,4-9,11-12,14-15,18,21,23-24,27,30,32,34-35,37-59H2,1-3H3,(H,65,68)/b13-10+,19-16+,20-17-,25-22+,29-26-,31-28+,36-33+. The van der Waals surface area contributed by atoms with E-state index in [1.54, 1.807) is 0 Å². The molecule has 1 amide bonds. The van der Waals surface area contributed by atoms with Crippen LogP contribution in [-0.2, 0) is 14.3 Å². The van der Waals surface area contributed by atoms with Crippen molar-refractivity contribution in [2.24, 2.45) is 0 Å². The summed E-state index contributed by atoms with van der Waals surface area (Å²) in [6.07, 6.45) is 74.9. The Hall–Kier alpha value is -2.96. The molecule has 3 atom stereocenters. The van der Waals surface area contributed by atoms with Gasteiger partial charge in [-0.3, -0.25) is 9.59 Å². The van der Waals surface area contributed by atoms with Gasteiger partial charge in [0.15, 0.2) is 0 Å². The van der Waals surface area contributed by atoms with E-state index in [0.717, 1.165) is 96.3 Å². The summed E-state index contributed by atoms with van der Waals surface area (Å²) in [5, 5.41) is 23.9. The third-order valence-electron chi connectivity index (χ3n) is 13.3. The van der Waals surface area contributed by atoms with Crippen LogP contribution in [0, 0.1) is 0 Å². The second kappa shape index (κ2) is 56.9. The Bertz CT molecular complexity index is 1330. The molecule has 0 bridgehead atoms. The zero-order valence-corrected chi connectivity index (χ0v) is 46.1. The van der Waals surface area contributed by atoms with Crippen molar-refractivity contribution in [3.63, 3.8) is 0 Å². The summed E-state index contributed by atoms with van der Waals surface area (Å²) in [6.45, 7) is 6.39. The highest BCUT2D eigenvalue weighted by Crippen LogP contribution is 2.18. The van der Waals surface area contributed by atoms with Crippen LogP contribution < -0.4 is 5.32 Å². The fourth-order valence-electron chi connectivity index (χ4n) is 8.79. The van der Waals surface area contributed by atoms with Crippen molar-refractivity contribution in [2.45, 2.75) is 302 Å². The van der Waals surface area contributed by atoms with Gasteiger partial charge in [-0.05, 0) is 77.0 Å². The molecule has 0 aliphatic carbocycles. The summed E-state index contributed by atoms with van der Waals surface area (Å²) in [7, 11) is 0. The Morgan fingerprint density at radius 3 is 1.30 bits per heavy atom. The summed E-state index contributed by atoms with van der Waals surface area (Å²) >= 11 is 0. The van der Waals surface area contributed by atoms with Gasteiger partial charge in [-0.1, -0.05) is 279 Å². The van der Waals surface area contributed by atoms with Crippen LogP contribution in [-0.4, -0.2) is 46.9 Å². The van der Waals surface area contributed by atoms with Gasteiger partial charge in [0.05, 0.1) is 25.2 Å². The summed E-state index contributed by atoms with van der Waals surface area (Å²) in [5.74, 6) is -0.506. The number of aliphatic hydroxyl groups is 2. The van der Waals surface area contributed by atoms with E-state index in [-0.39, 0.29) is 24.9 Å². The molecule has 0 rings (SSSR count). The van der Waals surface area contributed by atoms with Gasteiger partial charge in [-0.25, -0.2) is 0 Å². The topological polar surface area (TPSA) is 95.9 Å². The Balaban J connectivity index is 4.63. The highest BCUT2D eigenvalue weighted by Gasteiger charge is 2.24. The highest BCUT2D eigenvalue weighted by atomic mass is 16.5. The van der Waals surface area contributed by atoms with E-state index < -0.39 is 18.2 Å². The van der Waals surface area contributed by atoms with E-state index in [1.807, 2.05) is 24.3 Å².